The van der Waals surface area contributed by atoms with E-state index in [1.807, 2.05) is 13.8 Å². The monoisotopic (exact) mass is 372 g/mol. The number of hydrogen-bond donors (Lipinski definition) is 2. The minimum absolute atomic E-state index is 0.160. The molecular weight excluding hydrogens is 346 g/mol. The Kier molecular flexibility index (Phi) is 6.85. The highest BCUT2D eigenvalue weighted by molar-refractivity contribution is 6.07. The number of Topliss-reactive ketones (excluding diaryl/α,β-unsaturated/α-hetero) is 1. The third-order valence-corrected chi connectivity index (χ3v) is 4.79. The van der Waals surface area contributed by atoms with Gasteiger partial charge in [-0.2, -0.15) is 0 Å². The van der Waals surface area contributed by atoms with E-state index in [1.165, 1.54) is 11.0 Å². The molecule has 1 aromatic carbocycles. The Morgan fingerprint density at radius 2 is 1.89 bits per heavy atom. The Morgan fingerprint density at radius 3 is 2.48 bits per heavy atom. The number of carbonyl (C=O) groups excluding carboxylic acids is 4. The molecule has 3 N–H and O–H groups in total. The van der Waals surface area contributed by atoms with Gasteiger partial charge in [0.15, 0.2) is 5.78 Å². The van der Waals surface area contributed by atoms with Gasteiger partial charge < -0.3 is 16.0 Å². The Balaban J connectivity index is 2.25. The number of ketones is 1. The number of hydrogen-bond acceptors (Lipinski definition) is 5. The van der Waals surface area contributed by atoms with Crippen LogP contribution in [0.25, 0.3) is 0 Å². The van der Waals surface area contributed by atoms with Crippen LogP contribution >= 0.6 is 0 Å². The van der Waals surface area contributed by atoms with Gasteiger partial charge >= 0.3 is 0 Å². The molecule has 145 valence electrons. The standard InChI is InChI=1S/C20H26N3O4/c1-12(2)17(22-19(26)13(3)21)20(27)23-10-6-9-16(23)18(25)15-8-5-4-7-14(15)11-24/h4-5,7-8,12-13,16-17H,6,9-10,21H2,1-3H3,(H,22,26)/t13-,16-,17-/m0/s1. The molecule has 1 saturated heterocycles. The van der Waals surface area contributed by atoms with Crippen molar-refractivity contribution in [2.45, 2.75) is 51.7 Å². The normalized spacial score (nSPS) is 18.9. The van der Waals surface area contributed by atoms with E-state index in [9.17, 15) is 19.2 Å². The predicted molar refractivity (Wildman–Crippen MR) is 101 cm³/mol. The number of nitrogens with one attached hydrogen (secondary N) is 1. The van der Waals surface area contributed by atoms with Gasteiger partial charge in [-0.05, 0) is 25.7 Å². The van der Waals surface area contributed by atoms with Gasteiger partial charge in [-0.1, -0.05) is 38.1 Å². The molecule has 3 atom stereocenters. The van der Waals surface area contributed by atoms with Gasteiger partial charge in [0, 0.05) is 17.7 Å². The summed E-state index contributed by atoms with van der Waals surface area (Å²) in [5.41, 5.74) is 6.04. The fraction of sp³-hybridized carbons (Fsp3) is 0.500. The quantitative estimate of drug-likeness (QED) is 0.688. The van der Waals surface area contributed by atoms with Crippen LogP contribution in [0.2, 0.25) is 0 Å². The molecule has 7 nitrogen and oxygen atoms in total. The molecule has 1 aliphatic heterocycles. The summed E-state index contributed by atoms with van der Waals surface area (Å²) >= 11 is 0. The lowest BCUT2D eigenvalue weighted by Crippen LogP contribution is -2.56. The molecule has 1 radical (unpaired) electrons. The average Bonchev–Trinajstić information content (AvgIpc) is 3.14. The van der Waals surface area contributed by atoms with Crippen molar-refractivity contribution >= 4 is 23.9 Å². The minimum Gasteiger partial charge on any atom is -0.343 e. The van der Waals surface area contributed by atoms with Crippen molar-refractivity contribution in [3.63, 3.8) is 0 Å². The molecule has 27 heavy (non-hydrogen) atoms. The van der Waals surface area contributed by atoms with Crippen molar-refractivity contribution in [2.24, 2.45) is 11.7 Å². The first-order chi connectivity index (χ1) is 12.8. The molecular formula is C20H26N3O4. The molecule has 1 aromatic rings. The van der Waals surface area contributed by atoms with Crippen molar-refractivity contribution in [3.05, 3.63) is 35.4 Å². The van der Waals surface area contributed by atoms with Gasteiger partial charge in [0.1, 0.15) is 6.04 Å². The maximum absolute atomic E-state index is 13.1. The van der Waals surface area contributed by atoms with Crippen LogP contribution in [-0.4, -0.2) is 53.5 Å². The number of likely N-dealkylation sites (tertiary alicyclic amines) is 1. The van der Waals surface area contributed by atoms with E-state index in [4.69, 9.17) is 5.73 Å². The first-order valence-corrected chi connectivity index (χ1v) is 9.15. The van der Waals surface area contributed by atoms with Crippen LogP contribution < -0.4 is 11.1 Å². The lowest BCUT2D eigenvalue weighted by atomic mass is 9.96. The van der Waals surface area contributed by atoms with E-state index in [2.05, 4.69) is 5.32 Å². The highest BCUT2D eigenvalue weighted by Gasteiger charge is 2.39. The van der Waals surface area contributed by atoms with Crippen molar-refractivity contribution in [1.29, 1.82) is 0 Å². The number of nitrogens with zero attached hydrogens (tertiary/aromatic N) is 1. The Morgan fingerprint density at radius 1 is 1.22 bits per heavy atom. The molecule has 7 heteroatoms. The van der Waals surface area contributed by atoms with Crippen LogP contribution in [0.1, 0.15) is 49.5 Å². The van der Waals surface area contributed by atoms with Gasteiger partial charge in [0.25, 0.3) is 0 Å². The number of rotatable bonds is 7. The fourth-order valence-electron chi connectivity index (χ4n) is 3.25. The molecule has 0 unspecified atom stereocenters. The summed E-state index contributed by atoms with van der Waals surface area (Å²) in [4.78, 5) is 50.7. The topological polar surface area (TPSA) is 110 Å². The Bertz CT molecular complexity index is 730. The van der Waals surface area contributed by atoms with E-state index < -0.39 is 24.0 Å². The summed E-state index contributed by atoms with van der Waals surface area (Å²) in [5, 5.41) is 2.69. The van der Waals surface area contributed by atoms with Crippen LogP contribution in [0.5, 0.6) is 0 Å². The zero-order valence-corrected chi connectivity index (χ0v) is 15.9. The van der Waals surface area contributed by atoms with Crippen molar-refractivity contribution in [1.82, 2.24) is 10.2 Å². The summed E-state index contributed by atoms with van der Waals surface area (Å²) in [5.74, 6) is -1.15. The molecule has 0 bridgehead atoms. The molecule has 1 heterocycles. The van der Waals surface area contributed by atoms with E-state index in [0.717, 1.165) is 0 Å². The summed E-state index contributed by atoms with van der Waals surface area (Å²) in [6, 6.07) is 4.29. The smallest absolute Gasteiger partial charge is 0.246 e. The number of carbonyl (C=O) groups is 3. The second kappa shape index (κ2) is 8.90. The van der Waals surface area contributed by atoms with Gasteiger partial charge in [0.05, 0.1) is 12.1 Å². The summed E-state index contributed by atoms with van der Waals surface area (Å²) < 4.78 is 0. The van der Waals surface area contributed by atoms with Gasteiger partial charge in [-0.15, -0.1) is 0 Å². The van der Waals surface area contributed by atoms with Gasteiger partial charge in [-0.25, -0.2) is 0 Å². The Labute approximate surface area is 159 Å². The number of benzene rings is 1. The number of nitrogens with two attached hydrogens (primary N) is 1. The van der Waals surface area contributed by atoms with Crippen molar-refractivity contribution < 1.29 is 19.2 Å². The van der Waals surface area contributed by atoms with E-state index in [-0.39, 0.29) is 28.7 Å². The van der Waals surface area contributed by atoms with Gasteiger partial charge in [0.2, 0.25) is 18.1 Å². The van der Waals surface area contributed by atoms with Crippen molar-refractivity contribution in [2.75, 3.05) is 6.54 Å². The lowest BCUT2D eigenvalue weighted by molar-refractivity contribution is -0.138. The molecule has 2 rings (SSSR count). The van der Waals surface area contributed by atoms with Crippen LogP contribution in [0.4, 0.5) is 0 Å². The average molecular weight is 372 g/mol. The maximum atomic E-state index is 13.1. The van der Waals surface area contributed by atoms with E-state index >= 15 is 0 Å². The molecule has 0 aliphatic carbocycles. The molecule has 0 saturated carbocycles. The molecule has 0 spiro atoms. The third-order valence-electron chi connectivity index (χ3n) is 4.79. The van der Waals surface area contributed by atoms with E-state index in [0.29, 0.717) is 19.4 Å². The van der Waals surface area contributed by atoms with Crippen LogP contribution in [-0.2, 0) is 14.4 Å². The predicted octanol–water partition coefficient (Wildman–Crippen LogP) is 0.806. The third kappa shape index (κ3) is 4.60. The molecule has 0 aromatic heterocycles. The fourth-order valence-corrected chi connectivity index (χ4v) is 3.25. The zero-order chi connectivity index (χ0) is 20.1. The van der Waals surface area contributed by atoms with Crippen molar-refractivity contribution in [3.8, 4) is 0 Å². The highest BCUT2D eigenvalue weighted by Crippen LogP contribution is 2.24. The first kappa shape index (κ1) is 20.8. The second-order valence-electron chi connectivity index (χ2n) is 7.22. The largest absolute Gasteiger partial charge is 0.343 e. The van der Waals surface area contributed by atoms with Gasteiger partial charge in [-0.3, -0.25) is 19.2 Å². The Hall–Kier alpha value is -2.54. The lowest BCUT2D eigenvalue weighted by Gasteiger charge is -2.31. The second-order valence-corrected chi connectivity index (χ2v) is 7.22. The summed E-state index contributed by atoms with van der Waals surface area (Å²) in [6.07, 6.45) is 2.98. The zero-order valence-electron chi connectivity index (χ0n) is 15.9. The first-order valence-electron chi connectivity index (χ1n) is 9.15. The molecule has 1 fully saturated rings. The number of amides is 2. The highest BCUT2D eigenvalue weighted by atomic mass is 16.2. The minimum atomic E-state index is -0.759. The summed E-state index contributed by atoms with van der Waals surface area (Å²) in [6.45, 7) is 5.63. The SMILES string of the molecule is CC(C)[C@H](NC(=O)[C@H](C)N)C(=O)N1CCC[C@H]1C(=O)c1ccccc1[C]=O. The molecule has 2 amide bonds. The van der Waals surface area contributed by atoms with E-state index in [1.54, 1.807) is 31.4 Å². The summed E-state index contributed by atoms with van der Waals surface area (Å²) in [7, 11) is 0. The maximum Gasteiger partial charge on any atom is 0.246 e. The van der Waals surface area contributed by atoms with Crippen LogP contribution in [0, 0.1) is 5.92 Å². The molecule has 1 aliphatic rings. The van der Waals surface area contributed by atoms with Crippen LogP contribution in [0.3, 0.4) is 0 Å². The van der Waals surface area contributed by atoms with Crippen LogP contribution in [0.15, 0.2) is 24.3 Å².